The number of para-hydroxylation sites is 1. The second-order valence-corrected chi connectivity index (χ2v) is 20.0. The molecule has 1 aliphatic rings. The molecule has 350 valence electrons. The largest absolute Gasteiger partial charge is 0.310 e. The summed E-state index contributed by atoms with van der Waals surface area (Å²) in [5, 5.41) is 10.0. The summed E-state index contributed by atoms with van der Waals surface area (Å²) in [6, 6.07) is 108. The number of rotatable bonds is 8. The van der Waals surface area contributed by atoms with Crippen LogP contribution in [0.1, 0.15) is 22.3 Å². The van der Waals surface area contributed by atoms with E-state index in [0.29, 0.717) is 0 Å². The van der Waals surface area contributed by atoms with E-state index in [2.05, 4.69) is 301 Å². The average Bonchev–Trinajstić information content (AvgIpc) is 4.06. The van der Waals surface area contributed by atoms with Crippen molar-refractivity contribution in [3.63, 3.8) is 0 Å². The van der Waals surface area contributed by atoms with Crippen LogP contribution in [0.15, 0.2) is 291 Å². The van der Waals surface area contributed by atoms with Gasteiger partial charge in [-0.15, -0.1) is 0 Å². The number of benzene rings is 13. The molecule has 1 aliphatic carbocycles. The summed E-state index contributed by atoms with van der Waals surface area (Å²) in [6.45, 7) is 0. The fourth-order valence-corrected chi connectivity index (χ4v) is 12.6. The molecule has 0 aliphatic heterocycles. The van der Waals surface area contributed by atoms with Crippen LogP contribution in [0.4, 0.5) is 17.1 Å². The summed E-state index contributed by atoms with van der Waals surface area (Å²) < 4.78 is 2.45. The molecule has 2 heteroatoms. The van der Waals surface area contributed by atoms with E-state index in [9.17, 15) is 0 Å². The first-order chi connectivity index (χ1) is 37.2. The van der Waals surface area contributed by atoms with Crippen LogP contribution >= 0.6 is 0 Å². The minimum absolute atomic E-state index is 0.529. The van der Waals surface area contributed by atoms with E-state index >= 15 is 0 Å². The quantitative estimate of drug-likeness (QED) is 0.138. The highest BCUT2D eigenvalue weighted by Crippen LogP contribution is 2.57. The Bertz CT molecular complexity index is 4460. The summed E-state index contributed by atoms with van der Waals surface area (Å²) in [6.07, 6.45) is 0. The number of anilines is 3. The molecule has 0 atom stereocenters. The minimum atomic E-state index is -0.529. The third-order valence-corrected chi connectivity index (χ3v) is 16.0. The van der Waals surface area contributed by atoms with Gasteiger partial charge in [-0.25, -0.2) is 0 Å². The molecule has 0 amide bonds. The maximum Gasteiger partial charge on any atom is 0.0714 e. The Labute approximate surface area is 436 Å². The molecule has 0 saturated carbocycles. The zero-order valence-corrected chi connectivity index (χ0v) is 41.1. The Kier molecular flexibility index (Phi) is 9.83. The van der Waals surface area contributed by atoms with Crippen LogP contribution < -0.4 is 4.90 Å². The Morgan fingerprint density at radius 3 is 1.45 bits per heavy atom. The first kappa shape index (κ1) is 42.9. The lowest BCUT2D eigenvalue weighted by Crippen LogP contribution is -2.28. The van der Waals surface area contributed by atoms with Gasteiger partial charge < -0.3 is 9.47 Å². The Morgan fingerprint density at radius 2 is 0.760 bits per heavy atom. The van der Waals surface area contributed by atoms with Crippen molar-refractivity contribution in [3.05, 3.63) is 313 Å². The number of hydrogen-bond acceptors (Lipinski definition) is 1. The Balaban J connectivity index is 0.888. The van der Waals surface area contributed by atoms with Gasteiger partial charge in [-0.1, -0.05) is 231 Å². The van der Waals surface area contributed by atoms with Crippen molar-refractivity contribution in [1.82, 2.24) is 4.57 Å². The number of nitrogens with zero attached hydrogens (tertiary/aromatic N) is 2. The summed E-state index contributed by atoms with van der Waals surface area (Å²) in [5.41, 5.74) is 18.6. The molecule has 2 nitrogen and oxygen atoms in total. The average molecular weight is 953 g/mol. The van der Waals surface area contributed by atoms with Gasteiger partial charge >= 0.3 is 0 Å². The molecule has 0 fully saturated rings. The van der Waals surface area contributed by atoms with Crippen molar-refractivity contribution in [2.45, 2.75) is 5.41 Å². The van der Waals surface area contributed by atoms with Crippen LogP contribution in [0.3, 0.4) is 0 Å². The zero-order chi connectivity index (χ0) is 49.5. The standard InChI is InChI=1S/C73H48N2/c1-4-18-56(19-5-1)73(57-20-6-2-7-21-57)69-27-15-14-26-65(69)66-45-41-61(48-70(66)73)74(59-37-30-49(31-38-59)53-35-42-63-55(46-53)29-28-51-16-10-12-24-62(51)63)60-39-32-50(33-40-60)54-36-43-67-68-44-34-52-17-11-13-25-64(52)72(68)75(71(67)47-54)58-22-8-3-9-23-58/h1-48H. The van der Waals surface area contributed by atoms with E-state index in [1.54, 1.807) is 0 Å². The normalized spacial score (nSPS) is 12.6. The van der Waals surface area contributed by atoms with Crippen LogP contribution in [0.5, 0.6) is 0 Å². The molecule has 1 heterocycles. The fraction of sp³-hybridized carbons (Fsp3) is 0.0137. The number of aromatic nitrogens is 1. The lowest BCUT2D eigenvalue weighted by Gasteiger charge is -2.35. The highest BCUT2D eigenvalue weighted by Gasteiger charge is 2.46. The third-order valence-electron chi connectivity index (χ3n) is 16.0. The van der Waals surface area contributed by atoms with E-state index in [-0.39, 0.29) is 0 Å². The Hall–Kier alpha value is -9.76. The molecule has 75 heavy (non-hydrogen) atoms. The molecule has 0 spiro atoms. The van der Waals surface area contributed by atoms with Crippen LogP contribution in [0, 0.1) is 0 Å². The van der Waals surface area contributed by atoms with Gasteiger partial charge in [-0.3, -0.25) is 0 Å². The number of fused-ring (bicyclic) bond motifs is 11. The second-order valence-electron chi connectivity index (χ2n) is 20.0. The lowest BCUT2D eigenvalue weighted by molar-refractivity contribution is 0.768. The Morgan fingerprint density at radius 1 is 0.280 bits per heavy atom. The highest BCUT2D eigenvalue weighted by atomic mass is 15.1. The van der Waals surface area contributed by atoms with E-state index < -0.39 is 5.41 Å². The third kappa shape index (κ3) is 6.73. The van der Waals surface area contributed by atoms with Crippen molar-refractivity contribution in [2.75, 3.05) is 4.90 Å². The molecule has 13 aromatic carbocycles. The van der Waals surface area contributed by atoms with Gasteiger partial charge in [0.05, 0.1) is 16.4 Å². The minimum Gasteiger partial charge on any atom is -0.310 e. The molecule has 1 aromatic heterocycles. The van der Waals surface area contributed by atoms with Gasteiger partial charge in [-0.05, 0) is 143 Å². The molecule has 0 bridgehead atoms. The summed E-state index contributed by atoms with van der Waals surface area (Å²) in [4.78, 5) is 2.44. The van der Waals surface area contributed by atoms with Crippen LogP contribution in [0.2, 0.25) is 0 Å². The maximum absolute atomic E-state index is 2.46. The van der Waals surface area contributed by atoms with Gasteiger partial charge in [0, 0.05) is 38.9 Å². The van der Waals surface area contributed by atoms with Crippen molar-refractivity contribution < 1.29 is 0 Å². The molecule has 15 rings (SSSR count). The monoisotopic (exact) mass is 952 g/mol. The van der Waals surface area contributed by atoms with E-state index in [1.165, 1.54) is 104 Å². The first-order valence-electron chi connectivity index (χ1n) is 26.0. The molecule has 0 saturated heterocycles. The van der Waals surface area contributed by atoms with Crippen molar-refractivity contribution >= 4 is 71.2 Å². The van der Waals surface area contributed by atoms with E-state index in [0.717, 1.165) is 28.3 Å². The predicted molar refractivity (Wildman–Crippen MR) is 316 cm³/mol. The molecule has 0 N–H and O–H groups in total. The van der Waals surface area contributed by atoms with Gasteiger partial charge in [-0.2, -0.15) is 0 Å². The van der Waals surface area contributed by atoms with Gasteiger partial charge in [0.25, 0.3) is 0 Å². The summed E-state index contributed by atoms with van der Waals surface area (Å²) in [7, 11) is 0. The molecular weight excluding hydrogens is 905 g/mol. The predicted octanol–water partition coefficient (Wildman–Crippen LogP) is 19.4. The van der Waals surface area contributed by atoms with Gasteiger partial charge in [0.2, 0.25) is 0 Å². The first-order valence-corrected chi connectivity index (χ1v) is 26.0. The van der Waals surface area contributed by atoms with Gasteiger partial charge in [0.1, 0.15) is 0 Å². The van der Waals surface area contributed by atoms with Crippen molar-refractivity contribution in [3.8, 4) is 39.1 Å². The fourth-order valence-electron chi connectivity index (χ4n) is 12.6. The van der Waals surface area contributed by atoms with E-state index in [4.69, 9.17) is 0 Å². The van der Waals surface area contributed by atoms with Crippen molar-refractivity contribution in [2.24, 2.45) is 0 Å². The highest BCUT2D eigenvalue weighted by molar-refractivity contribution is 6.19. The molecule has 0 unspecified atom stereocenters. The molecule has 14 aromatic rings. The smallest absolute Gasteiger partial charge is 0.0714 e. The lowest BCUT2D eigenvalue weighted by atomic mass is 9.67. The number of hydrogen-bond donors (Lipinski definition) is 0. The SMILES string of the molecule is c1ccc(-n2c3cc(-c4ccc(N(c5ccc(-c6ccc7c(ccc8ccccc87)c6)cc5)c5ccc6c(c5)C(c5ccccc5)(c5ccccc5)c5ccccc5-6)cc4)ccc3c3ccc4ccccc4c32)cc1. The summed E-state index contributed by atoms with van der Waals surface area (Å²) in [5.74, 6) is 0. The summed E-state index contributed by atoms with van der Waals surface area (Å²) >= 11 is 0. The molecule has 0 radical (unpaired) electrons. The topological polar surface area (TPSA) is 8.17 Å². The van der Waals surface area contributed by atoms with Crippen LogP contribution in [-0.4, -0.2) is 4.57 Å². The van der Waals surface area contributed by atoms with Crippen molar-refractivity contribution in [1.29, 1.82) is 0 Å². The van der Waals surface area contributed by atoms with E-state index in [1.807, 2.05) is 0 Å². The van der Waals surface area contributed by atoms with Gasteiger partial charge in [0.15, 0.2) is 0 Å². The maximum atomic E-state index is 2.46. The molecular formula is C73H48N2. The van der Waals surface area contributed by atoms with Crippen LogP contribution in [0.25, 0.3) is 93.2 Å². The zero-order valence-electron chi connectivity index (χ0n) is 41.1. The van der Waals surface area contributed by atoms with Crippen LogP contribution in [-0.2, 0) is 5.41 Å². The second kappa shape index (κ2) is 17.2.